The van der Waals surface area contributed by atoms with E-state index in [1.54, 1.807) is 0 Å². The van der Waals surface area contributed by atoms with Crippen molar-refractivity contribution in [3.8, 4) is 0 Å². The van der Waals surface area contributed by atoms with Gasteiger partial charge in [0.2, 0.25) is 0 Å². The molecule has 2 aliphatic carbocycles. The van der Waals surface area contributed by atoms with Gasteiger partial charge in [-0.2, -0.15) is 0 Å². The maximum Gasteiger partial charge on any atom is 0.102 e. The molecule has 6 atom stereocenters. The molecule has 0 bridgehead atoms. The molecule has 19 heavy (non-hydrogen) atoms. The normalized spacial score (nSPS) is 46.2. The molecule has 0 heterocycles. The van der Waals surface area contributed by atoms with E-state index < -0.39 is 30.3 Å². The highest BCUT2D eigenvalue weighted by atomic mass is 16.3. The second-order valence-electron chi connectivity index (χ2n) is 6.82. The maximum atomic E-state index is 10.4. The van der Waals surface area contributed by atoms with Gasteiger partial charge >= 0.3 is 0 Å². The summed E-state index contributed by atoms with van der Waals surface area (Å²) in [6.07, 6.45) is 2.65. The minimum atomic E-state index is -1.37. The van der Waals surface area contributed by atoms with E-state index in [1.165, 1.54) is 6.92 Å². The molecule has 2 rings (SSSR count). The molecular weight excluding hydrogens is 244 g/mol. The first-order valence-corrected chi connectivity index (χ1v) is 7.14. The molecule has 4 N–H and O–H groups in total. The maximum absolute atomic E-state index is 10.4. The van der Waals surface area contributed by atoms with Gasteiger partial charge in [0.15, 0.2) is 0 Å². The van der Waals surface area contributed by atoms with Crippen molar-refractivity contribution in [1.29, 1.82) is 0 Å². The van der Waals surface area contributed by atoms with Crippen molar-refractivity contribution >= 4 is 0 Å². The standard InChI is InChI=1S/C15H26O4/c1-9-5-4-6-10-12(17)13(18)11(7-14(9,10)2)15(3,19)8-16/h6,9,11-13,16-19H,4-5,7-8H2,1-3H3/t9-,11+,12-,13+,14+,15+/m1/s1. The van der Waals surface area contributed by atoms with E-state index in [0.717, 1.165) is 18.4 Å². The van der Waals surface area contributed by atoms with Gasteiger partial charge in [-0.25, -0.2) is 0 Å². The summed E-state index contributed by atoms with van der Waals surface area (Å²) < 4.78 is 0. The van der Waals surface area contributed by atoms with Crippen LogP contribution in [0.5, 0.6) is 0 Å². The summed E-state index contributed by atoms with van der Waals surface area (Å²) in [5, 5.41) is 40.3. The fourth-order valence-corrected chi connectivity index (χ4v) is 3.79. The van der Waals surface area contributed by atoms with Crippen LogP contribution < -0.4 is 0 Å². The molecule has 0 spiro atoms. The van der Waals surface area contributed by atoms with Crippen LogP contribution in [0.15, 0.2) is 11.6 Å². The molecule has 0 aromatic rings. The molecule has 1 saturated carbocycles. The van der Waals surface area contributed by atoms with E-state index >= 15 is 0 Å². The first-order valence-electron chi connectivity index (χ1n) is 7.14. The molecule has 0 aliphatic heterocycles. The summed E-state index contributed by atoms with van der Waals surface area (Å²) in [6, 6.07) is 0. The van der Waals surface area contributed by atoms with E-state index in [4.69, 9.17) is 0 Å². The van der Waals surface area contributed by atoms with E-state index in [9.17, 15) is 20.4 Å². The summed E-state index contributed by atoms with van der Waals surface area (Å²) in [7, 11) is 0. The molecule has 0 aromatic heterocycles. The second kappa shape index (κ2) is 4.85. The SMILES string of the molecule is C[C@@H]1CCC=C2[C@@H](O)[C@@H](O)[C@@H]([C@@](C)(O)CO)C[C@]21C. The number of fused-ring (bicyclic) bond motifs is 1. The van der Waals surface area contributed by atoms with Crippen LogP contribution in [0.2, 0.25) is 0 Å². The summed E-state index contributed by atoms with van der Waals surface area (Å²) >= 11 is 0. The Labute approximate surface area is 114 Å². The summed E-state index contributed by atoms with van der Waals surface area (Å²) in [5.41, 5.74) is -0.670. The number of allylic oxidation sites excluding steroid dienone is 1. The first-order chi connectivity index (χ1) is 8.74. The predicted molar refractivity (Wildman–Crippen MR) is 72.4 cm³/mol. The molecule has 0 amide bonds. The third kappa shape index (κ3) is 2.25. The van der Waals surface area contributed by atoms with Gasteiger partial charge in [0.05, 0.1) is 18.3 Å². The fraction of sp³-hybridized carbons (Fsp3) is 0.867. The van der Waals surface area contributed by atoms with Crippen molar-refractivity contribution in [2.24, 2.45) is 17.3 Å². The molecule has 4 heteroatoms. The van der Waals surface area contributed by atoms with Crippen molar-refractivity contribution in [2.75, 3.05) is 6.61 Å². The molecule has 0 radical (unpaired) electrons. The third-order valence-electron chi connectivity index (χ3n) is 5.53. The molecule has 0 aromatic carbocycles. The van der Waals surface area contributed by atoms with E-state index in [-0.39, 0.29) is 5.41 Å². The number of aliphatic hydroxyl groups excluding tert-OH is 3. The van der Waals surface area contributed by atoms with Gasteiger partial charge in [0.1, 0.15) is 6.10 Å². The topological polar surface area (TPSA) is 80.9 Å². The van der Waals surface area contributed by atoms with Crippen LogP contribution in [0.4, 0.5) is 0 Å². The average molecular weight is 270 g/mol. The number of hydrogen-bond acceptors (Lipinski definition) is 4. The highest BCUT2D eigenvalue weighted by Crippen LogP contribution is 2.54. The van der Waals surface area contributed by atoms with Crippen LogP contribution in [-0.2, 0) is 0 Å². The lowest BCUT2D eigenvalue weighted by atomic mass is 9.54. The van der Waals surface area contributed by atoms with Crippen LogP contribution in [0.25, 0.3) is 0 Å². The van der Waals surface area contributed by atoms with Crippen molar-refractivity contribution in [3.05, 3.63) is 11.6 Å². The van der Waals surface area contributed by atoms with Gasteiger partial charge in [-0.3, -0.25) is 0 Å². The lowest BCUT2D eigenvalue weighted by molar-refractivity contribution is -0.148. The summed E-state index contributed by atoms with van der Waals surface area (Å²) in [5.74, 6) is -0.123. The average Bonchev–Trinajstić information content (AvgIpc) is 2.36. The number of aliphatic hydroxyl groups is 4. The number of rotatable bonds is 2. The van der Waals surface area contributed by atoms with Crippen molar-refractivity contribution in [3.63, 3.8) is 0 Å². The zero-order valence-corrected chi connectivity index (χ0v) is 12.0. The van der Waals surface area contributed by atoms with Gasteiger partial charge < -0.3 is 20.4 Å². The molecule has 1 fully saturated rings. The Morgan fingerprint density at radius 2 is 2.05 bits per heavy atom. The monoisotopic (exact) mass is 270 g/mol. The Bertz CT molecular complexity index is 376. The Morgan fingerprint density at radius 1 is 1.42 bits per heavy atom. The molecule has 4 nitrogen and oxygen atoms in total. The summed E-state index contributed by atoms with van der Waals surface area (Å²) in [4.78, 5) is 0. The largest absolute Gasteiger partial charge is 0.393 e. The number of hydrogen-bond donors (Lipinski definition) is 4. The first kappa shape index (κ1) is 15.0. The van der Waals surface area contributed by atoms with E-state index in [1.807, 2.05) is 6.08 Å². The highest BCUT2D eigenvalue weighted by molar-refractivity contribution is 5.28. The van der Waals surface area contributed by atoms with Crippen LogP contribution in [0.3, 0.4) is 0 Å². The van der Waals surface area contributed by atoms with Crippen LogP contribution in [-0.4, -0.2) is 44.8 Å². The molecule has 0 saturated heterocycles. The molecule has 110 valence electrons. The third-order valence-corrected chi connectivity index (χ3v) is 5.53. The molecule has 2 aliphatic rings. The Hall–Kier alpha value is -0.420. The smallest absolute Gasteiger partial charge is 0.102 e. The van der Waals surface area contributed by atoms with E-state index in [2.05, 4.69) is 13.8 Å². The van der Waals surface area contributed by atoms with Gasteiger partial charge in [0, 0.05) is 5.92 Å². The zero-order valence-electron chi connectivity index (χ0n) is 12.0. The van der Waals surface area contributed by atoms with Crippen molar-refractivity contribution in [1.82, 2.24) is 0 Å². The highest BCUT2D eigenvalue weighted by Gasteiger charge is 2.53. The minimum Gasteiger partial charge on any atom is -0.393 e. The second-order valence-corrected chi connectivity index (χ2v) is 6.82. The quantitative estimate of drug-likeness (QED) is 0.560. The van der Waals surface area contributed by atoms with Gasteiger partial charge in [-0.15, -0.1) is 0 Å². The van der Waals surface area contributed by atoms with E-state index in [0.29, 0.717) is 12.3 Å². The van der Waals surface area contributed by atoms with Crippen molar-refractivity contribution in [2.45, 2.75) is 57.8 Å². The van der Waals surface area contributed by atoms with Gasteiger partial charge in [0.25, 0.3) is 0 Å². The lowest BCUT2D eigenvalue weighted by Gasteiger charge is -2.53. The van der Waals surface area contributed by atoms with Crippen LogP contribution >= 0.6 is 0 Å². The Kier molecular flexibility index (Phi) is 3.82. The summed E-state index contributed by atoms with van der Waals surface area (Å²) in [6.45, 7) is 5.37. The zero-order chi connectivity index (χ0) is 14.4. The Balaban J connectivity index is 2.39. The lowest BCUT2D eigenvalue weighted by Crippen LogP contribution is -2.57. The van der Waals surface area contributed by atoms with Crippen LogP contribution in [0, 0.1) is 17.3 Å². The van der Waals surface area contributed by atoms with Crippen molar-refractivity contribution < 1.29 is 20.4 Å². The molecular formula is C15H26O4. The van der Waals surface area contributed by atoms with Gasteiger partial charge in [-0.05, 0) is 43.1 Å². The molecule has 0 unspecified atom stereocenters. The minimum absolute atomic E-state index is 0.208. The fourth-order valence-electron chi connectivity index (χ4n) is 3.79. The Morgan fingerprint density at radius 3 is 2.63 bits per heavy atom. The van der Waals surface area contributed by atoms with Crippen LogP contribution in [0.1, 0.15) is 40.0 Å². The predicted octanol–water partition coefficient (Wildman–Crippen LogP) is 0.834. The van der Waals surface area contributed by atoms with Gasteiger partial charge in [-0.1, -0.05) is 19.9 Å².